The Morgan fingerprint density at radius 1 is 1.29 bits per heavy atom. The molecule has 3 rings (SSSR count). The third-order valence-corrected chi connectivity index (χ3v) is 4.15. The number of anilines is 1. The van der Waals surface area contributed by atoms with E-state index in [1.807, 2.05) is 4.90 Å². The summed E-state index contributed by atoms with van der Waals surface area (Å²) in [4.78, 5) is 23.3. The number of rotatable bonds is 5. The normalized spacial score (nSPS) is 15.0. The molecule has 1 saturated heterocycles. The van der Waals surface area contributed by atoms with E-state index in [4.69, 9.17) is 4.74 Å². The number of carbonyl (C=O) groups is 1. The van der Waals surface area contributed by atoms with Gasteiger partial charge in [0.2, 0.25) is 5.82 Å². The lowest BCUT2D eigenvalue weighted by Crippen LogP contribution is -2.52. The molecular weight excluding hydrogens is 381 g/mol. The summed E-state index contributed by atoms with van der Waals surface area (Å²) in [5.74, 6) is -0.918. The zero-order valence-electron chi connectivity index (χ0n) is 15.1. The highest BCUT2D eigenvalue weighted by Gasteiger charge is 2.38. The number of ether oxygens (including phenoxy) is 1. The molecule has 2 amide bonds. The molecule has 9 nitrogen and oxygen atoms in total. The van der Waals surface area contributed by atoms with E-state index in [1.54, 1.807) is 24.1 Å². The predicted molar refractivity (Wildman–Crippen MR) is 91.6 cm³/mol. The number of nitrogens with one attached hydrogen (secondary N) is 1. The van der Waals surface area contributed by atoms with E-state index in [0.29, 0.717) is 50.7 Å². The molecule has 0 atom stereocenters. The van der Waals surface area contributed by atoms with Gasteiger partial charge in [0, 0.05) is 51.6 Å². The lowest BCUT2D eigenvalue weighted by Gasteiger charge is -2.35. The number of urea groups is 1. The number of hydrogen-bond acceptors (Lipinski definition) is 7. The van der Waals surface area contributed by atoms with E-state index >= 15 is 0 Å². The Bertz CT molecular complexity index is 788. The van der Waals surface area contributed by atoms with Crippen LogP contribution in [0.3, 0.4) is 0 Å². The molecule has 3 heterocycles. The van der Waals surface area contributed by atoms with Crippen LogP contribution < -0.4 is 10.2 Å². The molecule has 2 aromatic rings. The number of alkyl halides is 3. The van der Waals surface area contributed by atoms with Gasteiger partial charge in [0.05, 0.1) is 6.61 Å². The van der Waals surface area contributed by atoms with Crippen molar-refractivity contribution in [2.45, 2.75) is 6.18 Å². The minimum absolute atomic E-state index is 0.141. The van der Waals surface area contributed by atoms with E-state index in [-0.39, 0.29) is 11.9 Å². The average Bonchev–Trinajstić information content (AvgIpc) is 3.19. The van der Waals surface area contributed by atoms with E-state index in [2.05, 4.69) is 25.0 Å². The topological polar surface area (TPSA) is 96.6 Å². The minimum Gasteiger partial charge on any atom is -0.383 e. The largest absolute Gasteiger partial charge is 0.471 e. The highest BCUT2D eigenvalue weighted by Crippen LogP contribution is 2.29. The van der Waals surface area contributed by atoms with Crippen LogP contribution in [0.2, 0.25) is 0 Å². The first kappa shape index (κ1) is 19.9. The van der Waals surface area contributed by atoms with Crippen molar-refractivity contribution >= 4 is 11.8 Å². The second-order valence-electron chi connectivity index (χ2n) is 6.02. The van der Waals surface area contributed by atoms with Crippen LogP contribution in [-0.4, -0.2) is 72.5 Å². The minimum atomic E-state index is -4.69. The maximum Gasteiger partial charge on any atom is 0.471 e. The second-order valence-corrected chi connectivity index (χ2v) is 6.02. The van der Waals surface area contributed by atoms with Gasteiger partial charge in [0.1, 0.15) is 5.82 Å². The molecule has 0 bridgehead atoms. The average molecular weight is 400 g/mol. The lowest BCUT2D eigenvalue weighted by molar-refractivity contribution is -0.159. The van der Waals surface area contributed by atoms with Gasteiger partial charge >= 0.3 is 18.1 Å². The Kier molecular flexibility index (Phi) is 5.97. The van der Waals surface area contributed by atoms with Crippen LogP contribution in [-0.2, 0) is 10.9 Å². The summed E-state index contributed by atoms with van der Waals surface area (Å²) in [5.41, 5.74) is 0.319. The summed E-state index contributed by atoms with van der Waals surface area (Å²) in [6, 6.07) is 3.11. The SMILES string of the molecule is COCCNC(=O)N1CCN(c2ccc(-c3noc(C(F)(F)F)n3)cn2)CC1. The first-order valence-corrected chi connectivity index (χ1v) is 8.52. The quantitative estimate of drug-likeness (QED) is 0.762. The monoisotopic (exact) mass is 400 g/mol. The van der Waals surface area contributed by atoms with Crippen LogP contribution >= 0.6 is 0 Å². The number of aromatic nitrogens is 3. The molecule has 0 radical (unpaired) electrons. The van der Waals surface area contributed by atoms with Gasteiger partial charge in [0.25, 0.3) is 0 Å². The molecular formula is C16H19F3N6O3. The third-order valence-electron chi connectivity index (χ3n) is 4.15. The van der Waals surface area contributed by atoms with Crippen molar-refractivity contribution in [1.82, 2.24) is 25.3 Å². The summed E-state index contributed by atoms with van der Waals surface area (Å²) in [6.45, 7) is 3.14. The molecule has 0 aliphatic carbocycles. The molecule has 1 aliphatic heterocycles. The predicted octanol–water partition coefficient (Wildman–Crippen LogP) is 1.63. The Morgan fingerprint density at radius 2 is 2.04 bits per heavy atom. The third kappa shape index (κ3) is 4.68. The summed E-state index contributed by atoms with van der Waals surface area (Å²) < 4.78 is 46.7. The lowest BCUT2D eigenvalue weighted by atomic mass is 10.2. The van der Waals surface area contributed by atoms with Gasteiger partial charge in [-0.05, 0) is 12.1 Å². The summed E-state index contributed by atoms with van der Waals surface area (Å²) in [7, 11) is 1.57. The number of piperazine rings is 1. The van der Waals surface area contributed by atoms with E-state index < -0.39 is 12.1 Å². The molecule has 0 saturated carbocycles. The Hall–Kier alpha value is -2.89. The Labute approximate surface area is 158 Å². The van der Waals surface area contributed by atoms with Crippen molar-refractivity contribution < 1.29 is 27.2 Å². The standard InChI is InChI=1S/C16H19F3N6O3/c1-27-9-4-20-15(26)25-7-5-24(6-8-25)12-3-2-11(10-21-12)13-22-14(28-23-13)16(17,18)19/h2-3,10H,4-9H2,1H3,(H,20,26). The summed E-state index contributed by atoms with van der Waals surface area (Å²) >= 11 is 0. The molecule has 12 heteroatoms. The smallest absolute Gasteiger partial charge is 0.383 e. The first-order chi connectivity index (χ1) is 13.4. The number of pyridine rings is 1. The van der Waals surface area contributed by atoms with Crippen molar-refractivity contribution in [2.75, 3.05) is 51.3 Å². The van der Waals surface area contributed by atoms with Crippen molar-refractivity contribution in [1.29, 1.82) is 0 Å². The maximum atomic E-state index is 12.5. The fourth-order valence-corrected chi connectivity index (χ4v) is 2.67. The fourth-order valence-electron chi connectivity index (χ4n) is 2.67. The van der Waals surface area contributed by atoms with E-state index in [1.165, 1.54) is 6.20 Å². The fraction of sp³-hybridized carbons (Fsp3) is 0.500. The molecule has 2 aromatic heterocycles. The number of hydrogen-bond donors (Lipinski definition) is 1. The molecule has 152 valence electrons. The maximum absolute atomic E-state index is 12.5. The highest BCUT2D eigenvalue weighted by molar-refractivity contribution is 5.74. The van der Waals surface area contributed by atoms with Gasteiger partial charge in [-0.1, -0.05) is 5.16 Å². The van der Waals surface area contributed by atoms with Crippen LogP contribution in [0.4, 0.5) is 23.8 Å². The van der Waals surface area contributed by atoms with Crippen LogP contribution in [0.1, 0.15) is 5.89 Å². The van der Waals surface area contributed by atoms with Crippen molar-refractivity contribution in [3.63, 3.8) is 0 Å². The number of carbonyl (C=O) groups excluding carboxylic acids is 1. The molecule has 1 fully saturated rings. The van der Waals surface area contributed by atoms with E-state index in [9.17, 15) is 18.0 Å². The highest BCUT2D eigenvalue weighted by atomic mass is 19.4. The van der Waals surface area contributed by atoms with Gasteiger partial charge in [-0.3, -0.25) is 0 Å². The zero-order chi connectivity index (χ0) is 20.1. The molecule has 28 heavy (non-hydrogen) atoms. The molecule has 0 aromatic carbocycles. The molecule has 0 unspecified atom stereocenters. The van der Waals surface area contributed by atoms with Gasteiger partial charge < -0.3 is 24.4 Å². The number of halogens is 3. The zero-order valence-corrected chi connectivity index (χ0v) is 15.1. The Balaban J connectivity index is 1.56. The number of amides is 2. The van der Waals surface area contributed by atoms with E-state index in [0.717, 1.165) is 0 Å². The second kappa shape index (κ2) is 8.42. The van der Waals surface area contributed by atoms with Gasteiger partial charge in [-0.25, -0.2) is 9.78 Å². The van der Waals surface area contributed by atoms with Gasteiger partial charge in [-0.2, -0.15) is 18.2 Å². The van der Waals surface area contributed by atoms with Crippen LogP contribution in [0.15, 0.2) is 22.9 Å². The van der Waals surface area contributed by atoms with Crippen LogP contribution in [0, 0.1) is 0 Å². The van der Waals surface area contributed by atoms with Gasteiger partial charge in [-0.15, -0.1) is 0 Å². The Morgan fingerprint density at radius 3 is 2.61 bits per heavy atom. The molecule has 0 spiro atoms. The first-order valence-electron chi connectivity index (χ1n) is 8.52. The number of methoxy groups -OCH3 is 1. The van der Waals surface area contributed by atoms with Crippen molar-refractivity contribution in [3.05, 3.63) is 24.2 Å². The van der Waals surface area contributed by atoms with Gasteiger partial charge in [0.15, 0.2) is 0 Å². The molecule has 1 N–H and O–H groups in total. The summed E-state index contributed by atoms with van der Waals surface area (Å²) in [6.07, 6.45) is -3.29. The number of nitrogens with zero attached hydrogens (tertiary/aromatic N) is 5. The van der Waals surface area contributed by atoms with Crippen LogP contribution in [0.5, 0.6) is 0 Å². The summed E-state index contributed by atoms with van der Waals surface area (Å²) in [5, 5.41) is 6.11. The van der Waals surface area contributed by atoms with Crippen molar-refractivity contribution in [2.24, 2.45) is 0 Å². The van der Waals surface area contributed by atoms with Crippen molar-refractivity contribution in [3.8, 4) is 11.4 Å². The van der Waals surface area contributed by atoms with Crippen LogP contribution in [0.25, 0.3) is 11.4 Å². The molecule has 1 aliphatic rings.